The van der Waals surface area contributed by atoms with Gasteiger partial charge < -0.3 is 0 Å². The highest BCUT2D eigenvalue weighted by Crippen LogP contribution is 2.12. The van der Waals surface area contributed by atoms with Gasteiger partial charge in [-0.05, 0) is 6.42 Å². The lowest BCUT2D eigenvalue weighted by Crippen LogP contribution is -2.11. The smallest absolute Gasteiger partial charge is 0.197 e. The van der Waals surface area contributed by atoms with E-state index in [-0.39, 0.29) is 11.7 Å². The Hall–Kier alpha value is -0.660. The van der Waals surface area contributed by atoms with Crippen molar-refractivity contribution in [2.75, 3.05) is 0 Å². The highest BCUT2D eigenvalue weighted by Gasteiger charge is 2.10. The van der Waals surface area contributed by atoms with E-state index in [1.165, 1.54) is 32.1 Å². The predicted octanol–water partition coefficient (Wildman–Crippen LogP) is 3.14. The summed E-state index contributed by atoms with van der Waals surface area (Å²) >= 11 is 0. The molecule has 2 heteroatoms. The molecule has 0 heterocycles. The number of carbonyl (C=O) groups excluding carboxylic acids is 2. The molecule has 0 saturated carbocycles. The quantitative estimate of drug-likeness (QED) is 0.324. The van der Waals surface area contributed by atoms with Crippen LogP contribution in [0.1, 0.15) is 58.8 Å². The summed E-state index contributed by atoms with van der Waals surface area (Å²) in [5.41, 5.74) is 0. The maximum absolute atomic E-state index is 10.9. The highest BCUT2D eigenvalue weighted by molar-refractivity contribution is 6.25. The summed E-state index contributed by atoms with van der Waals surface area (Å²) < 4.78 is 0. The van der Waals surface area contributed by atoms with E-state index >= 15 is 0 Å². The molecule has 2 nitrogen and oxygen atoms in total. The monoisotopic (exact) mass is 198 g/mol. The van der Waals surface area contributed by atoms with Crippen molar-refractivity contribution in [3.63, 3.8) is 0 Å². The Morgan fingerprint density at radius 1 is 1.14 bits per heavy atom. The standard InChI is InChI=1S/C12H22O2/c1-3-4-5-6-7-8-9-11(2)12(14)10-13/h10-11H,3-9H2,1-2H3. The Bertz CT molecular complexity index is 164. The SMILES string of the molecule is CCCCCCCCC(C)C(=O)C=O. The molecule has 0 rings (SSSR count). The van der Waals surface area contributed by atoms with E-state index in [1.807, 2.05) is 6.92 Å². The van der Waals surface area contributed by atoms with E-state index in [4.69, 9.17) is 0 Å². The van der Waals surface area contributed by atoms with Crippen molar-refractivity contribution in [3.8, 4) is 0 Å². The van der Waals surface area contributed by atoms with E-state index in [1.54, 1.807) is 0 Å². The van der Waals surface area contributed by atoms with Gasteiger partial charge in [0.25, 0.3) is 0 Å². The molecule has 0 aromatic rings. The van der Waals surface area contributed by atoms with Gasteiger partial charge in [0.1, 0.15) is 0 Å². The summed E-state index contributed by atoms with van der Waals surface area (Å²) in [4.78, 5) is 21.1. The number of aldehydes is 1. The molecule has 0 aliphatic heterocycles. The van der Waals surface area contributed by atoms with Crippen LogP contribution in [-0.2, 0) is 9.59 Å². The third-order valence-corrected chi connectivity index (χ3v) is 2.59. The molecule has 0 bridgehead atoms. The molecular weight excluding hydrogens is 176 g/mol. The van der Waals surface area contributed by atoms with Crippen molar-refractivity contribution in [1.82, 2.24) is 0 Å². The topological polar surface area (TPSA) is 34.1 Å². The second-order valence-electron chi connectivity index (χ2n) is 3.98. The van der Waals surface area contributed by atoms with Crippen LogP contribution in [-0.4, -0.2) is 12.1 Å². The van der Waals surface area contributed by atoms with Crippen molar-refractivity contribution in [3.05, 3.63) is 0 Å². The summed E-state index contributed by atoms with van der Waals surface area (Å²) in [7, 11) is 0. The third-order valence-electron chi connectivity index (χ3n) is 2.59. The van der Waals surface area contributed by atoms with Gasteiger partial charge in [0.2, 0.25) is 0 Å². The molecular formula is C12H22O2. The number of rotatable bonds is 9. The van der Waals surface area contributed by atoms with Crippen LogP contribution in [0, 0.1) is 5.92 Å². The zero-order valence-corrected chi connectivity index (χ0v) is 9.42. The van der Waals surface area contributed by atoms with Crippen LogP contribution in [0.3, 0.4) is 0 Å². The van der Waals surface area contributed by atoms with Crippen molar-refractivity contribution in [1.29, 1.82) is 0 Å². The second-order valence-corrected chi connectivity index (χ2v) is 3.98. The molecule has 0 fully saturated rings. The van der Waals surface area contributed by atoms with Crippen LogP contribution in [0.15, 0.2) is 0 Å². The molecule has 0 spiro atoms. The lowest BCUT2D eigenvalue weighted by atomic mass is 9.99. The summed E-state index contributed by atoms with van der Waals surface area (Å²) in [5, 5.41) is 0. The molecule has 14 heavy (non-hydrogen) atoms. The Labute approximate surface area is 87.1 Å². The normalized spacial score (nSPS) is 12.4. The molecule has 0 N–H and O–H groups in total. The summed E-state index contributed by atoms with van der Waals surface area (Å²) in [6.07, 6.45) is 8.71. The van der Waals surface area contributed by atoms with Crippen molar-refractivity contribution in [2.24, 2.45) is 5.92 Å². The molecule has 82 valence electrons. The van der Waals surface area contributed by atoms with Crippen molar-refractivity contribution in [2.45, 2.75) is 58.8 Å². The number of Topliss-reactive ketones (excluding diaryl/α,β-unsaturated/α-hetero) is 1. The minimum Gasteiger partial charge on any atom is -0.295 e. The fourth-order valence-electron chi connectivity index (χ4n) is 1.49. The lowest BCUT2D eigenvalue weighted by molar-refractivity contribution is -0.132. The average molecular weight is 198 g/mol. The van der Waals surface area contributed by atoms with Gasteiger partial charge >= 0.3 is 0 Å². The molecule has 0 aromatic heterocycles. The molecule has 0 aliphatic carbocycles. The molecule has 0 amide bonds. The van der Waals surface area contributed by atoms with Crippen LogP contribution in [0.25, 0.3) is 0 Å². The Morgan fingerprint density at radius 2 is 1.71 bits per heavy atom. The second kappa shape index (κ2) is 8.92. The largest absolute Gasteiger partial charge is 0.295 e. The van der Waals surface area contributed by atoms with Crippen LogP contribution in [0.2, 0.25) is 0 Å². The Kier molecular flexibility index (Phi) is 8.50. The van der Waals surface area contributed by atoms with Crippen LogP contribution in [0.5, 0.6) is 0 Å². The first kappa shape index (κ1) is 13.3. The molecule has 1 unspecified atom stereocenters. The number of hydrogen-bond donors (Lipinski definition) is 0. The van der Waals surface area contributed by atoms with Gasteiger partial charge in [-0.2, -0.15) is 0 Å². The molecule has 0 saturated heterocycles. The summed E-state index contributed by atoms with van der Waals surface area (Å²) in [6, 6.07) is 0. The first-order chi connectivity index (χ1) is 6.72. The van der Waals surface area contributed by atoms with Gasteiger partial charge in [0, 0.05) is 5.92 Å². The zero-order valence-electron chi connectivity index (χ0n) is 9.42. The molecule has 1 atom stereocenters. The Balaban J connectivity index is 3.27. The third kappa shape index (κ3) is 6.81. The molecule has 0 radical (unpaired) electrons. The van der Waals surface area contributed by atoms with E-state index in [2.05, 4.69) is 6.92 Å². The van der Waals surface area contributed by atoms with Gasteiger partial charge in [-0.1, -0.05) is 52.4 Å². The highest BCUT2D eigenvalue weighted by atomic mass is 16.2. The predicted molar refractivity (Wildman–Crippen MR) is 58.2 cm³/mol. The summed E-state index contributed by atoms with van der Waals surface area (Å²) in [6.45, 7) is 4.04. The fraction of sp³-hybridized carbons (Fsp3) is 0.833. The number of hydrogen-bond acceptors (Lipinski definition) is 2. The number of carbonyl (C=O) groups is 2. The lowest BCUT2D eigenvalue weighted by Gasteiger charge is -2.05. The van der Waals surface area contributed by atoms with Gasteiger partial charge in [-0.15, -0.1) is 0 Å². The first-order valence-electron chi connectivity index (χ1n) is 5.71. The maximum Gasteiger partial charge on any atom is 0.197 e. The number of ketones is 1. The zero-order chi connectivity index (χ0) is 10.8. The van der Waals surface area contributed by atoms with E-state index in [0.29, 0.717) is 6.29 Å². The fourth-order valence-corrected chi connectivity index (χ4v) is 1.49. The maximum atomic E-state index is 10.9. The Morgan fingerprint density at radius 3 is 2.29 bits per heavy atom. The first-order valence-corrected chi connectivity index (χ1v) is 5.71. The minimum absolute atomic E-state index is 0.0707. The molecule has 0 aromatic carbocycles. The number of unbranched alkanes of at least 4 members (excludes halogenated alkanes) is 5. The summed E-state index contributed by atoms with van der Waals surface area (Å²) in [5.74, 6) is -0.322. The van der Waals surface area contributed by atoms with Crippen LogP contribution in [0.4, 0.5) is 0 Å². The van der Waals surface area contributed by atoms with Crippen LogP contribution >= 0.6 is 0 Å². The minimum atomic E-state index is -0.251. The van der Waals surface area contributed by atoms with Gasteiger partial charge in [-0.25, -0.2) is 0 Å². The van der Waals surface area contributed by atoms with Gasteiger partial charge in [0.15, 0.2) is 12.1 Å². The van der Waals surface area contributed by atoms with Crippen molar-refractivity contribution < 1.29 is 9.59 Å². The molecule has 0 aliphatic rings. The average Bonchev–Trinajstić information content (AvgIpc) is 2.21. The van der Waals surface area contributed by atoms with E-state index in [9.17, 15) is 9.59 Å². The van der Waals surface area contributed by atoms with Crippen molar-refractivity contribution >= 4 is 12.1 Å². The van der Waals surface area contributed by atoms with E-state index < -0.39 is 0 Å². The van der Waals surface area contributed by atoms with Gasteiger partial charge in [0.05, 0.1) is 0 Å². The van der Waals surface area contributed by atoms with Crippen LogP contribution < -0.4 is 0 Å². The van der Waals surface area contributed by atoms with E-state index in [0.717, 1.165) is 12.8 Å². The van der Waals surface area contributed by atoms with Gasteiger partial charge in [-0.3, -0.25) is 9.59 Å².